The summed E-state index contributed by atoms with van der Waals surface area (Å²) >= 11 is 3.10. The molecule has 0 spiro atoms. The number of halogens is 3. The molecule has 1 fully saturated rings. The molecule has 0 saturated carbocycles. The monoisotopic (exact) mass is 380 g/mol. The molecule has 1 heterocycles. The number of hydrogen-bond donors (Lipinski definition) is 1. The minimum absolute atomic E-state index is 0. The number of nitrogens with zero attached hydrogens (tertiary/aromatic N) is 1. The Morgan fingerprint density at radius 3 is 2.86 bits per heavy atom. The van der Waals surface area contributed by atoms with Gasteiger partial charge in [-0.3, -0.25) is 4.79 Å². The van der Waals surface area contributed by atoms with Crippen LogP contribution in [0.4, 0.5) is 4.39 Å². The minimum atomic E-state index is -0.380. The Balaban J connectivity index is 0.00000220. The van der Waals surface area contributed by atoms with Crippen LogP contribution in [0.1, 0.15) is 23.2 Å². The van der Waals surface area contributed by atoms with Gasteiger partial charge in [0.1, 0.15) is 5.82 Å². The number of rotatable bonds is 3. The molecular weight excluding hydrogens is 363 g/mol. The number of ether oxygens (including phenoxy) is 1. The van der Waals surface area contributed by atoms with Crippen LogP contribution in [0.3, 0.4) is 0 Å². The average molecular weight is 382 g/mol. The first-order valence-electron chi connectivity index (χ1n) is 6.55. The van der Waals surface area contributed by atoms with E-state index in [1.807, 2.05) is 0 Å². The van der Waals surface area contributed by atoms with E-state index in [0.29, 0.717) is 23.1 Å². The molecule has 1 saturated heterocycles. The summed E-state index contributed by atoms with van der Waals surface area (Å²) in [5, 5.41) is 0. The van der Waals surface area contributed by atoms with Crippen LogP contribution in [-0.2, 0) is 4.74 Å². The van der Waals surface area contributed by atoms with E-state index < -0.39 is 0 Å². The summed E-state index contributed by atoms with van der Waals surface area (Å²) in [4.78, 5) is 14.3. The van der Waals surface area contributed by atoms with Crippen molar-refractivity contribution in [3.8, 4) is 0 Å². The fourth-order valence-corrected chi connectivity index (χ4v) is 2.89. The second-order valence-electron chi connectivity index (χ2n) is 4.90. The highest BCUT2D eigenvalue weighted by Crippen LogP contribution is 2.23. The quantitative estimate of drug-likeness (QED) is 0.875. The molecule has 1 aliphatic rings. The highest BCUT2D eigenvalue weighted by atomic mass is 79.9. The first-order valence-corrected chi connectivity index (χ1v) is 7.35. The topological polar surface area (TPSA) is 55.6 Å². The molecule has 0 aliphatic carbocycles. The van der Waals surface area contributed by atoms with E-state index in [1.165, 1.54) is 18.2 Å². The van der Waals surface area contributed by atoms with Crippen LogP contribution in [-0.4, -0.2) is 43.2 Å². The minimum Gasteiger partial charge on any atom is -0.381 e. The molecule has 1 aliphatic heterocycles. The van der Waals surface area contributed by atoms with Crippen molar-refractivity contribution in [2.45, 2.75) is 25.0 Å². The normalized spacial score (nSPS) is 21.8. The number of carbonyl (C=O) groups excluding carboxylic acids is 1. The predicted octanol–water partition coefficient (Wildman–Crippen LogP) is 2.59. The van der Waals surface area contributed by atoms with E-state index in [2.05, 4.69) is 15.9 Å². The Bertz CT molecular complexity index is 504. The van der Waals surface area contributed by atoms with Crippen LogP contribution in [0.25, 0.3) is 0 Å². The summed E-state index contributed by atoms with van der Waals surface area (Å²) < 4.78 is 18.9. The van der Waals surface area contributed by atoms with E-state index in [-0.39, 0.29) is 36.3 Å². The molecule has 2 atom stereocenters. The van der Waals surface area contributed by atoms with Crippen molar-refractivity contribution in [2.24, 2.45) is 5.73 Å². The summed E-state index contributed by atoms with van der Waals surface area (Å²) in [6.45, 7) is 1.00. The zero-order valence-electron chi connectivity index (χ0n) is 11.7. The Morgan fingerprint density at radius 1 is 1.57 bits per heavy atom. The van der Waals surface area contributed by atoms with Crippen LogP contribution in [0.15, 0.2) is 22.7 Å². The van der Waals surface area contributed by atoms with Gasteiger partial charge in [0.15, 0.2) is 0 Å². The lowest BCUT2D eigenvalue weighted by Crippen LogP contribution is -2.51. The van der Waals surface area contributed by atoms with Crippen LogP contribution < -0.4 is 5.73 Å². The molecule has 118 valence electrons. The van der Waals surface area contributed by atoms with Crippen LogP contribution in [0, 0.1) is 5.82 Å². The SMILES string of the molecule is COC1CCN(C(=O)c2ccc(F)c(Br)c2)C(CN)C1.Cl. The number of hydrogen-bond acceptors (Lipinski definition) is 3. The number of nitrogens with two attached hydrogens (primary N) is 1. The number of piperidine rings is 1. The molecule has 7 heteroatoms. The Morgan fingerprint density at radius 2 is 2.29 bits per heavy atom. The molecule has 21 heavy (non-hydrogen) atoms. The Labute approximate surface area is 138 Å². The first-order chi connectivity index (χ1) is 9.56. The van der Waals surface area contributed by atoms with Crippen molar-refractivity contribution < 1.29 is 13.9 Å². The van der Waals surface area contributed by atoms with Gasteiger partial charge in [0.2, 0.25) is 0 Å². The maximum absolute atomic E-state index is 13.2. The summed E-state index contributed by atoms with van der Waals surface area (Å²) in [5.74, 6) is -0.495. The number of benzene rings is 1. The summed E-state index contributed by atoms with van der Waals surface area (Å²) in [7, 11) is 1.67. The molecule has 0 radical (unpaired) electrons. The molecule has 1 amide bonds. The molecule has 0 bridgehead atoms. The summed E-state index contributed by atoms with van der Waals surface area (Å²) in [6.07, 6.45) is 1.68. The number of likely N-dealkylation sites (tertiary alicyclic amines) is 1. The number of amides is 1. The lowest BCUT2D eigenvalue weighted by atomic mass is 9.98. The molecular formula is C14H19BrClFN2O2. The summed E-state index contributed by atoms with van der Waals surface area (Å²) in [6, 6.07) is 4.26. The maximum Gasteiger partial charge on any atom is 0.254 e. The molecule has 1 aromatic carbocycles. The molecule has 2 unspecified atom stereocenters. The zero-order valence-corrected chi connectivity index (χ0v) is 14.1. The smallest absolute Gasteiger partial charge is 0.254 e. The third-order valence-electron chi connectivity index (χ3n) is 3.70. The van der Waals surface area contributed by atoms with Crippen molar-refractivity contribution in [1.29, 1.82) is 0 Å². The van der Waals surface area contributed by atoms with Crippen LogP contribution >= 0.6 is 28.3 Å². The summed E-state index contributed by atoms with van der Waals surface area (Å²) in [5.41, 5.74) is 6.23. The van der Waals surface area contributed by atoms with E-state index in [1.54, 1.807) is 12.0 Å². The van der Waals surface area contributed by atoms with E-state index >= 15 is 0 Å². The maximum atomic E-state index is 13.2. The van der Waals surface area contributed by atoms with E-state index in [4.69, 9.17) is 10.5 Å². The predicted molar refractivity (Wildman–Crippen MR) is 85.3 cm³/mol. The largest absolute Gasteiger partial charge is 0.381 e. The van der Waals surface area contributed by atoms with Gasteiger partial charge >= 0.3 is 0 Å². The zero-order chi connectivity index (χ0) is 14.7. The third kappa shape index (κ3) is 4.16. The fraction of sp³-hybridized carbons (Fsp3) is 0.500. The van der Waals surface area contributed by atoms with Gasteiger partial charge in [-0.05, 0) is 47.0 Å². The van der Waals surface area contributed by atoms with Crippen molar-refractivity contribution in [2.75, 3.05) is 20.2 Å². The number of carbonyl (C=O) groups is 1. The third-order valence-corrected chi connectivity index (χ3v) is 4.31. The highest BCUT2D eigenvalue weighted by Gasteiger charge is 2.31. The van der Waals surface area contributed by atoms with Gasteiger partial charge in [-0.15, -0.1) is 12.4 Å². The molecule has 2 rings (SSSR count). The lowest BCUT2D eigenvalue weighted by Gasteiger charge is -2.38. The molecule has 0 aromatic heterocycles. The Hall–Kier alpha value is -0.690. The standard InChI is InChI=1S/C14H18BrFN2O2.ClH/c1-20-11-4-5-18(10(7-11)8-17)14(19)9-2-3-13(16)12(15)6-9;/h2-3,6,10-11H,4-5,7-8,17H2,1H3;1H. The number of methoxy groups -OCH3 is 1. The van der Waals surface area contributed by atoms with Crippen molar-refractivity contribution in [3.63, 3.8) is 0 Å². The fourth-order valence-electron chi connectivity index (χ4n) is 2.51. The van der Waals surface area contributed by atoms with Gasteiger partial charge in [-0.1, -0.05) is 0 Å². The van der Waals surface area contributed by atoms with Gasteiger partial charge in [0.25, 0.3) is 5.91 Å². The highest BCUT2D eigenvalue weighted by molar-refractivity contribution is 9.10. The van der Waals surface area contributed by atoms with E-state index in [0.717, 1.165) is 12.8 Å². The molecule has 4 nitrogen and oxygen atoms in total. The lowest BCUT2D eigenvalue weighted by molar-refractivity contribution is 0.0139. The van der Waals surface area contributed by atoms with Gasteiger partial charge in [0.05, 0.1) is 10.6 Å². The first kappa shape index (κ1) is 18.4. The second-order valence-corrected chi connectivity index (χ2v) is 5.75. The Kier molecular flexibility index (Phi) is 7.06. The van der Waals surface area contributed by atoms with Crippen LogP contribution in [0.5, 0.6) is 0 Å². The van der Waals surface area contributed by atoms with Crippen molar-refractivity contribution >= 4 is 34.2 Å². The second kappa shape index (κ2) is 8.08. The van der Waals surface area contributed by atoms with Gasteiger partial charge in [-0.2, -0.15) is 0 Å². The van der Waals surface area contributed by atoms with E-state index in [9.17, 15) is 9.18 Å². The van der Waals surface area contributed by atoms with Gasteiger partial charge < -0.3 is 15.4 Å². The van der Waals surface area contributed by atoms with Gasteiger partial charge in [0, 0.05) is 31.8 Å². The van der Waals surface area contributed by atoms with Gasteiger partial charge in [-0.25, -0.2) is 4.39 Å². The molecule has 2 N–H and O–H groups in total. The average Bonchev–Trinajstić information content (AvgIpc) is 2.48. The van der Waals surface area contributed by atoms with Crippen molar-refractivity contribution in [1.82, 2.24) is 4.90 Å². The molecule has 1 aromatic rings. The van der Waals surface area contributed by atoms with Crippen molar-refractivity contribution in [3.05, 3.63) is 34.1 Å². The van der Waals surface area contributed by atoms with Crippen LogP contribution in [0.2, 0.25) is 0 Å².